The lowest BCUT2D eigenvalue weighted by Gasteiger charge is -2.14. The maximum absolute atomic E-state index is 12.6. The summed E-state index contributed by atoms with van der Waals surface area (Å²) in [5.41, 5.74) is 5.10. The minimum Gasteiger partial charge on any atom is -0.351 e. The highest BCUT2D eigenvalue weighted by Gasteiger charge is 2.20. The number of hydrogen-bond acceptors (Lipinski definition) is 5. The number of nitrogens with one attached hydrogen (secondary N) is 1. The van der Waals surface area contributed by atoms with Crippen LogP contribution in [0.4, 0.5) is 4.79 Å². The molecule has 7 nitrogen and oxygen atoms in total. The minimum absolute atomic E-state index is 0.233. The summed E-state index contributed by atoms with van der Waals surface area (Å²) >= 11 is 6.99. The van der Waals surface area contributed by atoms with Gasteiger partial charge in [0.05, 0.1) is 16.2 Å². The molecule has 2 rings (SSSR count). The zero-order chi connectivity index (χ0) is 17.9. The van der Waals surface area contributed by atoms with E-state index in [1.165, 1.54) is 4.57 Å². The highest BCUT2D eigenvalue weighted by molar-refractivity contribution is 8.00. The molecule has 0 bridgehead atoms. The van der Waals surface area contributed by atoms with Gasteiger partial charge in [-0.05, 0) is 25.1 Å². The molecule has 0 spiro atoms. The van der Waals surface area contributed by atoms with Crippen molar-refractivity contribution in [1.82, 2.24) is 14.9 Å². The topological polar surface area (TPSA) is 107 Å². The maximum atomic E-state index is 12.6. The fourth-order valence-corrected chi connectivity index (χ4v) is 3.07. The van der Waals surface area contributed by atoms with Gasteiger partial charge in [0.25, 0.3) is 5.56 Å². The van der Waals surface area contributed by atoms with Gasteiger partial charge in [-0.1, -0.05) is 29.4 Å². The quantitative estimate of drug-likeness (QED) is 0.477. The van der Waals surface area contributed by atoms with Crippen molar-refractivity contribution < 1.29 is 9.59 Å². The summed E-state index contributed by atoms with van der Waals surface area (Å²) in [6, 6.07) is 3.86. The summed E-state index contributed by atoms with van der Waals surface area (Å²) in [6.45, 7) is 5.44. The highest BCUT2D eigenvalue weighted by Crippen LogP contribution is 2.24. The molecule has 9 heteroatoms. The molecule has 1 aromatic carbocycles. The van der Waals surface area contributed by atoms with E-state index >= 15 is 0 Å². The number of thioether (sulfide) groups is 1. The lowest BCUT2D eigenvalue weighted by molar-refractivity contribution is -0.119. The fraction of sp³-hybridized carbons (Fsp3) is 0.200. The van der Waals surface area contributed by atoms with Gasteiger partial charge >= 0.3 is 6.03 Å². The van der Waals surface area contributed by atoms with Gasteiger partial charge in [-0.3, -0.25) is 19.5 Å². The molecule has 1 atom stereocenters. The number of fused-ring (bicyclic) bond motifs is 1. The van der Waals surface area contributed by atoms with Crippen LogP contribution in [0.1, 0.15) is 6.92 Å². The summed E-state index contributed by atoms with van der Waals surface area (Å²) in [4.78, 5) is 39.7. The van der Waals surface area contributed by atoms with Crippen LogP contribution < -0.4 is 16.6 Å². The third-order valence-corrected chi connectivity index (χ3v) is 4.42. The Labute approximate surface area is 146 Å². The third-order valence-electron chi connectivity index (χ3n) is 3.09. The van der Waals surface area contributed by atoms with Crippen LogP contribution in [0.2, 0.25) is 5.02 Å². The van der Waals surface area contributed by atoms with Crippen molar-refractivity contribution in [1.29, 1.82) is 0 Å². The predicted octanol–water partition coefficient (Wildman–Crippen LogP) is 1.91. The second kappa shape index (κ2) is 7.50. The van der Waals surface area contributed by atoms with Gasteiger partial charge in [0.2, 0.25) is 5.91 Å². The van der Waals surface area contributed by atoms with Gasteiger partial charge in [-0.25, -0.2) is 9.78 Å². The molecular formula is C15H15ClN4O3S. The Morgan fingerprint density at radius 3 is 2.88 bits per heavy atom. The van der Waals surface area contributed by atoms with E-state index in [9.17, 15) is 14.4 Å². The van der Waals surface area contributed by atoms with Crippen molar-refractivity contribution in [3.05, 3.63) is 46.2 Å². The van der Waals surface area contributed by atoms with E-state index in [0.717, 1.165) is 11.8 Å². The van der Waals surface area contributed by atoms with Crippen LogP contribution in [0.25, 0.3) is 10.9 Å². The molecule has 1 heterocycles. The van der Waals surface area contributed by atoms with Crippen LogP contribution in [-0.2, 0) is 11.3 Å². The molecule has 24 heavy (non-hydrogen) atoms. The fourth-order valence-electron chi connectivity index (χ4n) is 1.99. The van der Waals surface area contributed by atoms with Crippen molar-refractivity contribution in [2.75, 3.05) is 0 Å². The van der Waals surface area contributed by atoms with Crippen molar-refractivity contribution in [2.45, 2.75) is 23.9 Å². The van der Waals surface area contributed by atoms with Gasteiger partial charge in [-0.15, -0.1) is 6.58 Å². The Hall–Kier alpha value is -2.32. The number of carbonyl (C=O) groups excluding carboxylic acids is 2. The highest BCUT2D eigenvalue weighted by atomic mass is 35.5. The predicted molar refractivity (Wildman–Crippen MR) is 94.3 cm³/mol. The Bertz CT molecular complexity index is 881. The Balaban J connectivity index is 2.49. The molecule has 3 N–H and O–H groups in total. The average molecular weight is 367 g/mol. The number of benzene rings is 1. The summed E-state index contributed by atoms with van der Waals surface area (Å²) < 4.78 is 1.40. The molecule has 0 saturated heterocycles. The van der Waals surface area contributed by atoms with E-state index in [0.29, 0.717) is 21.1 Å². The summed E-state index contributed by atoms with van der Waals surface area (Å²) in [6.07, 6.45) is 1.56. The van der Waals surface area contributed by atoms with Crippen LogP contribution in [0.5, 0.6) is 0 Å². The molecule has 0 aliphatic carbocycles. The number of urea groups is 1. The van der Waals surface area contributed by atoms with E-state index in [4.69, 9.17) is 17.3 Å². The van der Waals surface area contributed by atoms with Crippen molar-refractivity contribution in [2.24, 2.45) is 5.73 Å². The number of amides is 3. The lowest BCUT2D eigenvalue weighted by Crippen LogP contribution is -2.39. The maximum Gasteiger partial charge on any atom is 0.318 e. The molecule has 3 amide bonds. The molecule has 0 aliphatic rings. The van der Waals surface area contributed by atoms with Gasteiger partial charge in [0.1, 0.15) is 0 Å². The minimum atomic E-state index is -0.936. The Kier molecular flexibility index (Phi) is 5.63. The van der Waals surface area contributed by atoms with Gasteiger partial charge in [0.15, 0.2) is 5.16 Å². The smallest absolute Gasteiger partial charge is 0.318 e. The SMILES string of the molecule is C=CCn1c(SC(C)C(=O)NC(N)=O)nc2cc(Cl)ccc2c1=O. The standard InChI is InChI=1S/C15H15ClN4O3S/c1-3-6-20-13(22)10-5-4-9(16)7-11(10)18-15(20)24-8(2)12(21)19-14(17)23/h3-5,7-8H,1,6H2,2H3,(H3,17,19,21,23). The largest absolute Gasteiger partial charge is 0.351 e. The molecule has 0 saturated carbocycles. The Morgan fingerprint density at radius 1 is 1.54 bits per heavy atom. The number of primary amides is 1. The number of rotatable bonds is 5. The first-order chi connectivity index (χ1) is 11.3. The number of aromatic nitrogens is 2. The number of hydrogen-bond donors (Lipinski definition) is 2. The summed E-state index contributed by atoms with van der Waals surface area (Å²) in [5, 5.41) is 2.50. The van der Waals surface area contributed by atoms with Crippen molar-refractivity contribution >= 4 is 46.2 Å². The number of nitrogens with two attached hydrogens (primary N) is 1. The van der Waals surface area contributed by atoms with Gasteiger partial charge in [0, 0.05) is 11.6 Å². The first kappa shape index (κ1) is 18.0. The van der Waals surface area contributed by atoms with E-state index in [-0.39, 0.29) is 12.1 Å². The van der Waals surface area contributed by atoms with E-state index in [1.807, 2.05) is 5.32 Å². The molecular weight excluding hydrogens is 352 g/mol. The number of imide groups is 1. The van der Waals surface area contributed by atoms with Crippen LogP contribution >= 0.6 is 23.4 Å². The van der Waals surface area contributed by atoms with E-state index in [1.54, 1.807) is 31.2 Å². The summed E-state index contributed by atoms with van der Waals surface area (Å²) in [5.74, 6) is -0.571. The molecule has 126 valence electrons. The van der Waals surface area contributed by atoms with Crippen LogP contribution in [0.15, 0.2) is 40.8 Å². The zero-order valence-corrected chi connectivity index (χ0v) is 14.4. The van der Waals surface area contributed by atoms with Gasteiger partial charge in [-0.2, -0.15) is 0 Å². The van der Waals surface area contributed by atoms with Crippen molar-refractivity contribution in [3.63, 3.8) is 0 Å². The summed E-state index contributed by atoms with van der Waals surface area (Å²) in [7, 11) is 0. The second-order valence-electron chi connectivity index (χ2n) is 4.87. The molecule has 0 aliphatic heterocycles. The second-order valence-corrected chi connectivity index (χ2v) is 6.62. The van der Waals surface area contributed by atoms with Crippen molar-refractivity contribution in [3.8, 4) is 0 Å². The van der Waals surface area contributed by atoms with Crippen LogP contribution in [0.3, 0.4) is 0 Å². The normalized spacial score (nSPS) is 11.9. The van der Waals surface area contributed by atoms with E-state index in [2.05, 4.69) is 11.6 Å². The zero-order valence-electron chi connectivity index (χ0n) is 12.8. The lowest BCUT2D eigenvalue weighted by atomic mass is 10.2. The molecule has 0 fully saturated rings. The monoisotopic (exact) mass is 366 g/mol. The first-order valence-corrected chi connectivity index (χ1v) is 8.17. The number of nitrogens with zero attached hydrogens (tertiary/aromatic N) is 2. The Morgan fingerprint density at radius 2 is 2.25 bits per heavy atom. The van der Waals surface area contributed by atoms with E-state index < -0.39 is 17.2 Å². The van der Waals surface area contributed by atoms with Crippen LogP contribution in [0, 0.1) is 0 Å². The molecule has 1 unspecified atom stereocenters. The molecule has 2 aromatic rings. The molecule has 1 aromatic heterocycles. The first-order valence-electron chi connectivity index (χ1n) is 6.91. The average Bonchev–Trinajstić information content (AvgIpc) is 2.50. The van der Waals surface area contributed by atoms with Crippen LogP contribution in [-0.4, -0.2) is 26.7 Å². The third kappa shape index (κ3) is 3.95. The number of carbonyl (C=O) groups is 2. The number of halogens is 1. The van der Waals surface area contributed by atoms with Gasteiger partial charge < -0.3 is 5.73 Å². The molecule has 0 radical (unpaired) electrons. The number of allylic oxidation sites excluding steroid dienone is 1.